The van der Waals surface area contributed by atoms with E-state index in [2.05, 4.69) is 10.3 Å². The maximum absolute atomic E-state index is 12.8. The molecule has 4 N–H and O–H groups in total. The second-order valence-electron chi connectivity index (χ2n) is 4.41. The highest BCUT2D eigenvalue weighted by Gasteiger charge is 2.16. The van der Waals surface area contributed by atoms with E-state index in [0.29, 0.717) is 10.7 Å². The largest absolute Gasteiger partial charge is 0.325 e. The van der Waals surface area contributed by atoms with Crippen LogP contribution in [0.4, 0.5) is 15.9 Å². The first-order chi connectivity index (χ1) is 11.0. The summed E-state index contributed by atoms with van der Waals surface area (Å²) in [6.45, 7) is 0. The van der Waals surface area contributed by atoms with Gasteiger partial charge in [0.2, 0.25) is 5.91 Å². The Morgan fingerprint density at radius 1 is 1.26 bits per heavy atom. The Morgan fingerprint density at radius 2 is 1.91 bits per heavy atom. The van der Waals surface area contributed by atoms with Gasteiger partial charge in [-0.1, -0.05) is 11.8 Å². The highest BCUT2D eigenvalue weighted by Crippen LogP contribution is 2.20. The molecule has 0 radical (unpaired) electrons. The normalized spacial score (nSPS) is 9.70. The predicted octanol–water partition coefficient (Wildman–Crippen LogP) is 1.70. The first-order valence-electron chi connectivity index (χ1n) is 6.37. The highest BCUT2D eigenvalue weighted by atomic mass is 32.2. The smallest absolute Gasteiger partial charge is 0.289 e. The molecule has 2 aromatic rings. The van der Waals surface area contributed by atoms with Crippen molar-refractivity contribution < 1.29 is 14.2 Å². The minimum atomic E-state index is -0.390. The molecule has 0 aliphatic carbocycles. The lowest BCUT2D eigenvalue weighted by atomic mass is 10.2. The fraction of sp³-hybridized carbons (Fsp3) is 0.0667. The number of aromatic nitrogens is 1. The first-order valence-corrected chi connectivity index (χ1v) is 7.36. The molecule has 0 bridgehead atoms. The first kappa shape index (κ1) is 16.3. The van der Waals surface area contributed by atoms with Crippen molar-refractivity contribution in [2.24, 2.45) is 0 Å². The van der Waals surface area contributed by atoms with E-state index in [1.807, 2.05) is 12.1 Å². The van der Waals surface area contributed by atoms with E-state index in [-0.39, 0.29) is 28.6 Å². The summed E-state index contributed by atoms with van der Waals surface area (Å²) >= 11 is 1.08. The van der Waals surface area contributed by atoms with Gasteiger partial charge in [-0.3, -0.25) is 10.5 Å². The zero-order chi connectivity index (χ0) is 16.8. The van der Waals surface area contributed by atoms with Crippen LogP contribution in [0.25, 0.3) is 0 Å². The summed E-state index contributed by atoms with van der Waals surface area (Å²) in [5, 5.41) is 21.0. The van der Waals surface area contributed by atoms with Crippen molar-refractivity contribution >= 4 is 29.2 Å². The van der Waals surface area contributed by atoms with Gasteiger partial charge in [-0.05, 0) is 30.3 Å². The summed E-state index contributed by atoms with van der Waals surface area (Å²) in [6, 6.07) is 10.6. The Hall–Kier alpha value is -3.10. The second-order valence-corrected chi connectivity index (χ2v) is 5.39. The number of aromatic amines is 1. The molecule has 0 saturated heterocycles. The number of anilines is 2. The van der Waals surface area contributed by atoms with E-state index in [1.54, 1.807) is 0 Å². The third-order valence-corrected chi connectivity index (χ3v) is 3.81. The van der Waals surface area contributed by atoms with Gasteiger partial charge < -0.3 is 5.32 Å². The van der Waals surface area contributed by atoms with Gasteiger partial charge in [0.1, 0.15) is 29.1 Å². The van der Waals surface area contributed by atoms with Crippen LogP contribution in [0, 0.1) is 28.5 Å². The molecule has 6 nitrogen and oxygen atoms in total. The van der Waals surface area contributed by atoms with Crippen LogP contribution < -0.4 is 16.0 Å². The van der Waals surface area contributed by atoms with Gasteiger partial charge in [-0.2, -0.15) is 10.5 Å². The maximum atomic E-state index is 12.8. The monoisotopic (exact) mass is 328 g/mol. The number of amides is 1. The fourth-order valence-electron chi connectivity index (χ4n) is 1.70. The lowest BCUT2D eigenvalue weighted by Gasteiger charge is -2.05. The number of thioether (sulfide) groups is 1. The Balaban J connectivity index is 2.04. The second kappa shape index (κ2) is 7.25. The molecule has 114 valence electrons. The molecular formula is C15H11FN5OS+. The molecule has 23 heavy (non-hydrogen) atoms. The van der Waals surface area contributed by atoms with Crippen molar-refractivity contribution in [3.63, 3.8) is 0 Å². The summed E-state index contributed by atoms with van der Waals surface area (Å²) < 4.78 is 12.8. The number of nitrogen functional groups attached to an aromatic ring is 1. The number of nitrogens with zero attached hydrogens (tertiary/aromatic N) is 2. The van der Waals surface area contributed by atoms with Crippen LogP contribution in [0.2, 0.25) is 0 Å². The molecule has 0 aliphatic heterocycles. The van der Waals surface area contributed by atoms with Crippen molar-refractivity contribution in [2.75, 3.05) is 16.8 Å². The standard InChI is InChI=1S/C15H10FN5OS/c16-11-1-3-12(4-2-11)20-13(22)8-23-15-10(7-18)5-9(6-17)14(19)21-15/h1-5H,8H2,(H2,19,21)(H,20,22)/p+1. The molecule has 1 aromatic carbocycles. The molecule has 1 heterocycles. The summed E-state index contributed by atoms with van der Waals surface area (Å²) in [6.07, 6.45) is 0. The van der Waals surface area contributed by atoms with Crippen molar-refractivity contribution in [1.29, 1.82) is 10.5 Å². The van der Waals surface area contributed by atoms with Gasteiger partial charge in [-0.15, -0.1) is 0 Å². The molecule has 0 saturated carbocycles. The quantitative estimate of drug-likeness (QED) is 0.828. The van der Waals surface area contributed by atoms with Crippen molar-refractivity contribution in [3.8, 4) is 12.1 Å². The van der Waals surface area contributed by atoms with E-state index in [1.165, 1.54) is 30.3 Å². The van der Waals surface area contributed by atoms with Crippen LogP contribution >= 0.6 is 11.8 Å². The lowest BCUT2D eigenvalue weighted by molar-refractivity contribution is -0.410. The number of rotatable bonds is 4. The number of pyridine rings is 1. The summed E-state index contributed by atoms with van der Waals surface area (Å²) in [7, 11) is 0. The van der Waals surface area contributed by atoms with Crippen molar-refractivity contribution in [2.45, 2.75) is 5.03 Å². The number of benzene rings is 1. The SMILES string of the molecule is N#Cc1cc(C#N)c(SCC(=O)Nc2ccc(F)cc2)[nH+]c1N. The van der Waals surface area contributed by atoms with E-state index in [0.717, 1.165) is 11.8 Å². The molecule has 1 aromatic heterocycles. The summed E-state index contributed by atoms with van der Waals surface area (Å²) in [5.41, 5.74) is 6.54. The van der Waals surface area contributed by atoms with Gasteiger partial charge in [0.05, 0.1) is 5.75 Å². The third-order valence-electron chi connectivity index (χ3n) is 2.79. The van der Waals surface area contributed by atoms with E-state index < -0.39 is 5.82 Å². The maximum Gasteiger partial charge on any atom is 0.289 e. The number of carbonyl (C=O) groups is 1. The number of carbonyl (C=O) groups excluding carboxylic acids is 1. The van der Waals surface area contributed by atoms with Gasteiger partial charge in [0.25, 0.3) is 5.82 Å². The lowest BCUT2D eigenvalue weighted by Crippen LogP contribution is -2.19. The highest BCUT2D eigenvalue weighted by molar-refractivity contribution is 7.99. The zero-order valence-corrected chi connectivity index (χ0v) is 12.6. The number of hydrogen-bond acceptors (Lipinski definition) is 5. The topological polar surface area (TPSA) is 117 Å². The van der Waals surface area contributed by atoms with Crippen LogP contribution in [0.15, 0.2) is 35.4 Å². The van der Waals surface area contributed by atoms with Gasteiger partial charge in [0.15, 0.2) is 5.03 Å². The van der Waals surface area contributed by atoms with Crippen molar-refractivity contribution in [1.82, 2.24) is 0 Å². The fourth-order valence-corrected chi connectivity index (χ4v) is 2.49. The average molecular weight is 328 g/mol. The zero-order valence-electron chi connectivity index (χ0n) is 11.8. The van der Waals surface area contributed by atoms with Crippen LogP contribution in [0.3, 0.4) is 0 Å². The number of nitrogens with one attached hydrogen (secondary N) is 2. The average Bonchev–Trinajstić information content (AvgIpc) is 2.55. The number of halogens is 1. The number of hydrogen-bond donors (Lipinski definition) is 2. The van der Waals surface area contributed by atoms with Crippen molar-refractivity contribution in [3.05, 3.63) is 47.3 Å². The predicted molar refractivity (Wildman–Crippen MR) is 82.6 cm³/mol. The van der Waals surface area contributed by atoms with Gasteiger partial charge >= 0.3 is 0 Å². The molecule has 0 fully saturated rings. The summed E-state index contributed by atoms with van der Waals surface area (Å²) in [5.74, 6) is -0.554. The molecule has 1 amide bonds. The van der Waals surface area contributed by atoms with Crippen LogP contribution in [0.1, 0.15) is 11.1 Å². The third kappa shape index (κ3) is 4.19. The molecule has 0 aliphatic rings. The molecule has 0 spiro atoms. The van der Waals surface area contributed by atoms with Crippen LogP contribution in [0.5, 0.6) is 0 Å². The molecular weight excluding hydrogens is 317 g/mol. The van der Waals surface area contributed by atoms with Gasteiger partial charge in [-0.25, -0.2) is 9.37 Å². The minimum Gasteiger partial charge on any atom is -0.325 e. The molecule has 8 heteroatoms. The Kier molecular flexibility index (Phi) is 5.13. The Labute approximate surface area is 135 Å². The van der Waals surface area contributed by atoms with E-state index in [4.69, 9.17) is 16.3 Å². The van der Waals surface area contributed by atoms with E-state index >= 15 is 0 Å². The number of nitrogens with two attached hydrogens (primary N) is 1. The Morgan fingerprint density at radius 3 is 2.52 bits per heavy atom. The molecule has 2 rings (SSSR count). The minimum absolute atomic E-state index is 0.0217. The molecule has 0 atom stereocenters. The number of H-pyrrole nitrogens is 1. The molecule has 0 unspecified atom stereocenters. The van der Waals surface area contributed by atoms with E-state index in [9.17, 15) is 9.18 Å². The Bertz CT molecular complexity index is 823. The number of nitriles is 2. The van der Waals surface area contributed by atoms with Crippen LogP contribution in [-0.2, 0) is 4.79 Å². The summed E-state index contributed by atoms with van der Waals surface area (Å²) in [4.78, 5) is 14.6. The van der Waals surface area contributed by atoms with Gasteiger partial charge in [0, 0.05) is 5.69 Å². The van der Waals surface area contributed by atoms with Crippen LogP contribution in [-0.4, -0.2) is 11.7 Å².